The molecule has 1 aliphatic rings. The van der Waals surface area contributed by atoms with Gasteiger partial charge in [0, 0.05) is 6.08 Å². The molecule has 1 N–H and O–H groups in total. The molecule has 1 heterocycles. The van der Waals surface area contributed by atoms with E-state index in [2.05, 4.69) is 5.32 Å². The highest BCUT2D eigenvalue weighted by molar-refractivity contribution is 5.89. The summed E-state index contributed by atoms with van der Waals surface area (Å²) in [6, 6.07) is 14.6. The second-order valence-corrected chi connectivity index (χ2v) is 5.75. The fourth-order valence-electron chi connectivity index (χ4n) is 2.46. The van der Waals surface area contributed by atoms with Crippen LogP contribution in [0.5, 0.6) is 11.5 Å². The first kappa shape index (κ1) is 17.5. The summed E-state index contributed by atoms with van der Waals surface area (Å²) in [7, 11) is 0. The van der Waals surface area contributed by atoms with Crippen LogP contribution in [0.4, 0.5) is 0 Å². The zero-order valence-electron chi connectivity index (χ0n) is 14.3. The highest BCUT2D eigenvalue weighted by Gasteiger charge is 2.17. The fourth-order valence-corrected chi connectivity index (χ4v) is 2.46. The minimum atomic E-state index is -0.570. The first-order valence-electron chi connectivity index (χ1n) is 8.20. The molecule has 0 saturated carbocycles. The molecular weight excluding hydrogens is 334 g/mol. The molecule has 1 aliphatic heterocycles. The number of hydrogen-bond acceptors (Lipinski definition) is 5. The second kappa shape index (κ2) is 8.20. The van der Waals surface area contributed by atoms with Crippen molar-refractivity contribution < 1.29 is 23.8 Å². The normalized spacial score (nSPS) is 13.4. The number of carbonyl (C=O) groups is 2. The summed E-state index contributed by atoms with van der Waals surface area (Å²) < 4.78 is 15.5. The Morgan fingerprint density at radius 3 is 2.73 bits per heavy atom. The fraction of sp³-hybridized carbons (Fsp3) is 0.200. The number of hydrogen-bond donors (Lipinski definition) is 1. The number of amides is 1. The molecule has 0 fully saturated rings. The third kappa shape index (κ3) is 4.63. The van der Waals surface area contributed by atoms with Crippen LogP contribution in [0.1, 0.15) is 24.1 Å². The van der Waals surface area contributed by atoms with E-state index in [0.29, 0.717) is 11.5 Å². The van der Waals surface area contributed by atoms with Gasteiger partial charge in [0.15, 0.2) is 18.1 Å². The smallest absolute Gasteiger partial charge is 0.331 e. The van der Waals surface area contributed by atoms with Gasteiger partial charge in [0.05, 0.1) is 6.04 Å². The van der Waals surface area contributed by atoms with E-state index in [4.69, 9.17) is 14.2 Å². The van der Waals surface area contributed by atoms with Gasteiger partial charge < -0.3 is 19.5 Å². The molecule has 0 aliphatic carbocycles. The lowest BCUT2D eigenvalue weighted by Crippen LogP contribution is -2.30. The lowest BCUT2D eigenvalue weighted by Gasteiger charge is -2.14. The number of rotatable bonds is 6. The van der Waals surface area contributed by atoms with E-state index in [0.717, 1.165) is 11.1 Å². The highest BCUT2D eigenvalue weighted by Crippen LogP contribution is 2.34. The van der Waals surface area contributed by atoms with E-state index in [1.165, 1.54) is 6.08 Å². The van der Waals surface area contributed by atoms with E-state index < -0.39 is 5.97 Å². The van der Waals surface area contributed by atoms with Gasteiger partial charge >= 0.3 is 5.97 Å². The van der Waals surface area contributed by atoms with Crippen LogP contribution in [0.15, 0.2) is 54.6 Å². The second-order valence-electron chi connectivity index (χ2n) is 5.75. The Bertz CT molecular complexity index is 816. The standard InChI is InChI=1S/C20H19NO5/c1-14(16-8-9-17-18(11-16)26-13-25-17)21-19(22)12-24-20(23)10-7-15-5-3-2-4-6-15/h2-11,14H,12-13H2,1H3,(H,21,22)/b10-7+/t14-/m0/s1. The van der Waals surface area contributed by atoms with Crippen LogP contribution in [0.3, 0.4) is 0 Å². The van der Waals surface area contributed by atoms with Gasteiger partial charge in [-0.1, -0.05) is 36.4 Å². The monoisotopic (exact) mass is 353 g/mol. The van der Waals surface area contributed by atoms with Crippen LogP contribution in [0, 0.1) is 0 Å². The van der Waals surface area contributed by atoms with Crippen LogP contribution < -0.4 is 14.8 Å². The van der Waals surface area contributed by atoms with Gasteiger partial charge in [-0.25, -0.2) is 4.79 Å². The predicted octanol–water partition coefficient (Wildman–Crippen LogP) is 2.85. The molecule has 0 aromatic heterocycles. The highest BCUT2D eigenvalue weighted by atomic mass is 16.7. The summed E-state index contributed by atoms with van der Waals surface area (Å²) in [6.45, 7) is 1.70. The van der Waals surface area contributed by atoms with Crippen LogP contribution in [-0.4, -0.2) is 25.3 Å². The molecule has 0 radical (unpaired) electrons. The summed E-state index contributed by atoms with van der Waals surface area (Å²) in [5.41, 5.74) is 1.75. The number of benzene rings is 2. The number of carbonyl (C=O) groups excluding carboxylic acids is 2. The number of nitrogens with one attached hydrogen (secondary N) is 1. The van der Waals surface area contributed by atoms with Gasteiger partial charge in [-0.3, -0.25) is 4.79 Å². The molecule has 2 aromatic rings. The number of ether oxygens (including phenoxy) is 3. The Hall–Kier alpha value is -3.28. The topological polar surface area (TPSA) is 73.9 Å². The van der Waals surface area contributed by atoms with E-state index in [1.807, 2.05) is 49.4 Å². The van der Waals surface area contributed by atoms with Crippen molar-refractivity contribution in [2.24, 2.45) is 0 Å². The Labute approximate surface area is 151 Å². The van der Waals surface area contributed by atoms with Crippen molar-refractivity contribution in [2.45, 2.75) is 13.0 Å². The van der Waals surface area contributed by atoms with Crippen molar-refractivity contribution >= 4 is 18.0 Å². The van der Waals surface area contributed by atoms with Crippen molar-refractivity contribution in [1.82, 2.24) is 5.32 Å². The Balaban J connectivity index is 1.46. The van der Waals surface area contributed by atoms with E-state index in [9.17, 15) is 9.59 Å². The average molecular weight is 353 g/mol. The van der Waals surface area contributed by atoms with Crippen molar-refractivity contribution in [3.05, 3.63) is 65.7 Å². The lowest BCUT2D eigenvalue weighted by molar-refractivity contribution is -0.144. The first-order valence-corrected chi connectivity index (χ1v) is 8.20. The van der Waals surface area contributed by atoms with Crippen LogP contribution in [0.2, 0.25) is 0 Å². The third-order valence-corrected chi connectivity index (χ3v) is 3.83. The summed E-state index contributed by atoms with van der Waals surface area (Å²) in [5, 5.41) is 2.78. The Kier molecular flexibility index (Phi) is 5.53. The molecule has 0 bridgehead atoms. The van der Waals surface area contributed by atoms with Gasteiger partial charge in [-0.2, -0.15) is 0 Å². The summed E-state index contributed by atoms with van der Waals surface area (Å²) >= 11 is 0. The molecule has 2 aromatic carbocycles. The number of fused-ring (bicyclic) bond motifs is 1. The third-order valence-electron chi connectivity index (χ3n) is 3.83. The van der Waals surface area contributed by atoms with Crippen molar-refractivity contribution in [2.75, 3.05) is 13.4 Å². The molecule has 0 unspecified atom stereocenters. The Morgan fingerprint density at radius 1 is 1.15 bits per heavy atom. The first-order chi connectivity index (χ1) is 12.6. The largest absolute Gasteiger partial charge is 0.454 e. The Morgan fingerprint density at radius 2 is 1.92 bits per heavy atom. The summed E-state index contributed by atoms with van der Waals surface area (Å²) in [5.74, 6) is 0.392. The minimum absolute atomic E-state index is 0.200. The quantitative estimate of drug-likeness (QED) is 0.638. The van der Waals surface area contributed by atoms with Crippen molar-refractivity contribution in [3.63, 3.8) is 0 Å². The summed E-state index contributed by atoms with van der Waals surface area (Å²) in [4.78, 5) is 23.7. The average Bonchev–Trinajstić information content (AvgIpc) is 3.13. The van der Waals surface area contributed by atoms with Gasteiger partial charge in [-0.15, -0.1) is 0 Å². The lowest BCUT2D eigenvalue weighted by atomic mass is 10.1. The molecule has 0 spiro atoms. The van der Waals surface area contributed by atoms with E-state index in [1.54, 1.807) is 12.1 Å². The zero-order chi connectivity index (χ0) is 18.4. The zero-order valence-corrected chi connectivity index (χ0v) is 14.3. The van der Waals surface area contributed by atoms with Crippen LogP contribution >= 0.6 is 0 Å². The molecule has 6 heteroatoms. The SMILES string of the molecule is C[C@H](NC(=O)COC(=O)/C=C/c1ccccc1)c1ccc2c(c1)OCO2. The molecule has 1 amide bonds. The van der Waals surface area contributed by atoms with E-state index >= 15 is 0 Å². The van der Waals surface area contributed by atoms with Crippen molar-refractivity contribution in [1.29, 1.82) is 0 Å². The van der Waals surface area contributed by atoms with Gasteiger partial charge in [0.25, 0.3) is 5.91 Å². The predicted molar refractivity (Wildman–Crippen MR) is 95.6 cm³/mol. The van der Waals surface area contributed by atoms with Gasteiger partial charge in [0.1, 0.15) is 0 Å². The molecule has 0 saturated heterocycles. The maximum Gasteiger partial charge on any atom is 0.331 e. The molecule has 6 nitrogen and oxygen atoms in total. The molecule has 1 atom stereocenters. The number of esters is 1. The summed E-state index contributed by atoms with van der Waals surface area (Å²) in [6.07, 6.45) is 2.93. The van der Waals surface area contributed by atoms with Crippen LogP contribution in [0.25, 0.3) is 6.08 Å². The molecule has 26 heavy (non-hydrogen) atoms. The molecule has 134 valence electrons. The van der Waals surface area contributed by atoms with Gasteiger partial charge in [-0.05, 0) is 36.3 Å². The molecular formula is C20H19NO5. The molecule has 3 rings (SSSR count). The maximum absolute atomic E-state index is 12.0. The van der Waals surface area contributed by atoms with Crippen LogP contribution in [-0.2, 0) is 14.3 Å². The van der Waals surface area contributed by atoms with Crippen molar-refractivity contribution in [3.8, 4) is 11.5 Å². The van der Waals surface area contributed by atoms with E-state index in [-0.39, 0.29) is 25.3 Å². The minimum Gasteiger partial charge on any atom is -0.454 e. The maximum atomic E-state index is 12.0. The van der Waals surface area contributed by atoms with Gasteiger partial charge in [0.2, 0.25) is 6.79 Å².